The molecule has 25 heavy (non-hydrogen) atoms. The van der Waals surface area contributed by atoms with E-state index in [2.05, 4.69) is 5.32 Å². The van der Waals surface area contributed by atoms with Crippen molar-refractivity contribution < 1.29 is 14.3 Å². The van der Waals surface area contributed by atoms with Gasteiger partial charge in [0.2, 0.25) is 11.8 Å². The summed E-state index contributed by atoms with van der Waals surface area (Å²) in [6, 6.07) is 9.42. The summed E-state index contributed by atoms with van der Waals surface area (Å²) in [7, 11) is 1.65. The molecule has 1 aliphatic rings. The van der Waals surface area contributed by atoms with Gasteiger partial charge in [0.1, 0.15) is 5.54 Å². The van der Waals surface area contributed by atoms with Gasteiger partial charge in [0.15, 0.2) is 0 Å². The lowest BCUT2D eigenvalue weighted by Gasteiger charge is -2.36. The molecule has 6 heteroatoms. The van der Waals surface area contributed by atoms with E-state index in [1.165, 1.54) is 0 Å². The number of carbonyl (C=O) groups is 2. The lowest BCUT2D eigenvalue weighted by Crippen LogP contribution is -2.53. The number of piperidine rings is 1. The van der Waals surface area contributed by atoms with Crippen molar-refractivity contribution in [3.63, 3.8) is 0 Å². The Labute approximate surface area is 149 Å². The lowest BCUT2D eigenvalue weighted by molar-refractivity contribution is -0.140. The molecule has 0 spiro atoms. The molecule has 1 aliphatic heterocycles. The van der Waals surface area contributed by atoms with E-state index >= 15 is 0 Å². The summed E-state index contributed by atoms with van der Waals surface area (Å²) in [5, 5.41) is 2.94. The molecule has 138 valence electrons. The minimum absolute atomic E-state index is 0.0349. The van der Waals surface area contributed by atoms with Crippen LogP contribution in [0.3, 0.4) is 0 Å². The van der Waals surface area contributed by atoms with Crippen LogP contribution in [0.1, 0.15) is 31.7 Å². The molecule has 1 aromatic rings. The van der Waals surface area contributed by atoms with E-state index in [-0.39, 0.29) is 17.7 Å². The van der Waals surface area contributed by atoms with E-state index in [0.29, 0.717) is 39.1 Å². The molecule has 3 N–H and O–H groups in total. The van der Waals surface area contributed by atoms with E-state index in [0.717, 1.165) is 12.0 Å². The van der Waals surface area contributed by atoms with Crippen LogP contribution in [-0.2, 0) is 19.9 Å². The molecule has 0 aromatic heterocycles. The number of amides is 2. The molecule has 0 radical (unpaired) electrons. The molecule has 0 saturated carbocycles. The topological polar surface area (TPSA) is 84.7 Å². The van der Waals surface area contributed by atoms with E-state index in [1.807, 2.05) is 30.3 Å². The Balaban J connectivity index is 1.85. The van der Waals surface area contributed by atoms with Crippen molar-refractivity contribution >= 4 is 11.8 Å². The Kier molecular flexibility index (Phi) is 6.96. The highest BCUT2D eigenvalue weighted by atomic mass is 16.5. The number of ether oxygens (including phenoxy) is 1. The Morgan fingerprint density at radius 2 is 1.92 bits per heavy atom. The number of likely N-dealkylation sites (tertiary alicyclic amines) is 1. The van der Waals surface area contributed by atoms with Gasteiger partial charge in [-0.05, 0) is 31.7 Å². The van der Waals surface area contributed by atoms with Crippen LogP contribution < -0.4 is 11.1 Å². The fraction of sp³-hybridized carbons (Fsp3) is 0.579. The van der Waals surface area contributed by atoms with Crippen molar-refractivity contribution in [2.75, 3.05) is 33.4 Å². The summed E-state index contributed by atoms with van der Waals surface area (Å²) < 4.78 is 4.97. The predicted molar refractivity (Wildman–Crippen MR) is 96.8 cm³/mol. The molecule has 1 saturated heterocycles. The standard InChI is InChI=1S/C19H29N3O3/c1-19(20,16-7-4-3-5-8-16)18(24)22-12-9-15(10-13-22)17(23)21-11-6-14-25-2/h3-5,7-8,15H,6,9-14,20H2,1-2H3,(H,21,23). The molecule has 1 heterocycles. The number of benzene rings is 1. The maximum absolute atomic E-state index is 12.8. The molecule has 1 aromatic carbocycles. The van der Waals surface area contributed by atoms with Gasteiger partial charge in [-0.2, -0.15) is 0 Å². The summed E-state index contributed by atoms with van der Waals surface area (Å²) >= 11 is 0. The molecule has 0 aliphatic carbocycles. The fourth-order valence-corrected chi connectivity index (χ4v) is 3.15. The summed E-state index contributed by atoms with van der Waals surface area (Å²) in [4.78, 5) is 26.8. The van der Waals surface area contributed by atoms with Crippen molar-refractivity contribution in [2.24, 2.45) is 11.7 Å². The summed E-state index contributed by atoms with van der Waals surface area (Å²) in [5.74, 6) is -0.0493. The third kappa shape index (κ3) is 5.03. The first-order chi connectivity index (χ1) is 12.0. The number of methoxy groups -OCH3 is 1. The molecule has 2 amide bonds. The van der Waals surface area contributed by atoms with Crippen LogP contribution in [-0.4, -0.2) is 50.1 Å². The highest BCUT2D eigenvalue weighted by Gasteiger charge is 2.36. The quantitative estimate of drug-likeness (QED) is 0.727. The van der Waals surface area contributed by atoms with Gasteiger partial charge in [0, 0.05) is 39.3 Å². The molecule has 6 nitrogen and oxygen atoms in total. The second-order valence-corrected chi connectivity index (χ2v) is 6.77. The SMILES string of the molecule is COCCCNC(=O)C1CCN(C(=O)C(C)(N)c2ccccc2)CC1. The monoisotopic (exact) mass is 347 g/mol. The second kappa shape index (κ2) is 8.97. The average molecular weight is 347 g/mol. The van der Waals surface area contributed by atoms with Crippen LogP contribution >= 0.6 is 0 Å². The van der Waals surface area contributed by atoms with Gasteiger partial charge in [-0.15, -0.1) is 0 Å². The minimum Gasteiger partial charge on any atom is -0.385 e. The summed E-state index contributed by atoms with van der Waals surface area (Å²) in [6.07, 6.45) is 2.15. The first-order valence-corrected chi connectivity index (χ1v) is 8.87. The number of nitrogens with one attached hydrogen (secondary N) is 1. The molecule has 0 bridgehead atoms. The Morgan fingerprint density at radius 1 is 1.28 bits per heavy atom. The van der Waals surface area contributed by atoms with Crippen LogP contribution in [0.4, 0.5) is 0 Å². The van der Waals surface area contributed by atoms with E-state index in [9.17, 15) is 9.59 Å². The Hall–Kier alpha value is -1.92. The van der Waals surface area contributed by atoms with Crippen molar-refractivity contribution in [1.29, 1.82) is 0 Å². The molecule has 1 atom stereocenters. The normalized spacial score (nSPS) is 17.8. The van der Waals surface area contributed by atoms with E-state index < -0.39 is 5.54 Å². The predicted octanol–water partition coefficient (Wildman–Crippen LogP) is 1.25. The Bertz CT molecular complexity index is 567. The summed E-state index contributed by atoms with van der Waals surface area (Å²) in [6.45, 7) is 4.14. The van der Waals surface area contributed by atoms with Gasteiger partial charge < -0.3 is 20.7 Å². The van der Waals surface area contributed by atoms with Crippen LogP contribution in [0.25, 0.3) is 0 Å². The van der Waals surface area contributed by atoms with Crippen molar-refractivity contribution in [3.05, 3.63) is 35.9 Å². The number of hydrogen-bond acceptors (Lipinski definition) is 4. The molecule has 1 unspecified atom stereocenters. The van der Waals surface area contributed by atoms with Crippen molar-refractivity contribution in [2.45, 2.75) is 31.7 Å². The number of carbonyl (C=O) groups excluding carboxylic acids is 2. The third-order valence-corrected chi connectivity index (χ3v) is 4.80. The zero-order chi connectivity index (χ0) is 18.3. The van der Waals surface area contributed by atoms with Crippen molar-refractivity contribution in [3.8, 4) is 0 Å². The van der Waals surface area contributed by atoms with Gasteiger partial charge in [0.05, 0.1) is 0 Å². The number of hydrogen-bond donors (Lipinski definition) is 2. The minimum atomic E-state index is -1.05. The highest BCUT2D eigenvalue weighted by molar-refractivity contribution is 5.87. The third-order valence-electron chi connectivity index (χ3n) is 4.80. The van der Waals surface area contributed by atoms with Crippen molar-refractivity contribution in [1.82, 2.24) is 10.2 Å². The second-order valence-electron chi connectivity index (χ2n) is 6.77. The summed E-state index contributed by atoms with van der Waals surface area (Å²) in [5.41, 5.74) is 6.08. The highest BCUT2D eigenvalue weighted by Crippen LogP contribution is 2.24. The zero-order valence-electron chi connectivity index (χ0n) is 15.2. The Morgan fingerprint density at radius 3 is 2.52 bits per heavy atom. The molecular weight excluding hydrogens is 318 g/mol. The van der Waals surface area contributed by atoms with Gasteiger partial charge in [-0.1, -0.05) is 30.3 Å². The maximum Gasteiger partial charge on any atom is 0.246 e. The van der Waals surface area contributed by atoms with E-state index in [1.54, 1.807) is 18.9 Å². The first kappa shape index (κ1) is 19.4. The molecule has 2 rings (SSSR count). The number of rotatable bonds is 7. The van der Waals surface area contributed by atoms with Crippen LogP contribution in [0, 0.1) is 5.92 Å². The van der Waals surface area contributed by atoms with Gasteiger partial charge >= 0.3 is 0 Å². The van der Waals surface area contributed by atoms with Crippen LogP contribution in [0.5, 0.6) is 0 Å². The van der Waals surface area contributed by atoms with Gasteiger partial charge in [-0.25, -0.2) is 0 Å². The number of nitrogens with two attached hydrogens (primary N) is 1. The number of nitrogens with zero attached hydrogens (tertiary/aromatic N) is 1. The lowest BCUT2D eigenvalue weighted by atomic mass is 9.89. The average Bonchev–Trinajstić information content (AvgIpc) is 2.65. The molecule has 1 fully saturated rings. The maximum atomic E-state index is 12.8. The smallest absolute Gasteiger partial charge is 0.246 e. The fourth-order valence-electron chi connectivity index (χ4n) is 3.15. The van der Waals surface area contributed by atoms with Gasteiger partial charge in [0.25, 0.3) is 0 Å². The first-order valence-electron chi connectivity index (χ1n) is 8.87. The van der Waals surface area contributed by atoms with Crippen LogP contribution in [0.15, 0.2) is 30.3 Å². The van der Waals surface area contributed by atoms with Crippen LogP contribution in [0.2, 0.25) is 0 Å². The largest absolute Gasteiger partial charge is 0.385 e. The van der Waals surface area contributed by atoms with E-state index in [4.69, 9.17) is 10.5 Å². The molecular formula is C19H29N3O3. The van der Waals surface area contributed by atoms with Gasteiger partial charge in [-0.3, -0.25) is 9.59 Å². The zero-order valence-corrected chi connectivity index (χ0v) is 15.2.